The molecule has 3 N–H and O–H groups in total. The molecule has 0 bridgehead atoms. The summed E-state index contributed by atoms with van der Waals surface area (Å²) in [5, 5.41) is 0. The van der Waals surface area contributed by atoms with Crippen molar-refractivity contribution in [2.24, 2.45) is 5.84 Å². The van der Waals surface area contributed by atoms with Crippen molar-refractivity contribution in [3.63, 3.8) is 0 Å². The summed E-state index contributed by atoms with van der Waals surface area (Å²) >= 11 is 0. The maximum atomic E-state index is 5.86. The second-order valence-electron chi connectivity index (χ2n) is 5.48. The van der Waals surface area contributed by atoms with Gasteiger partial charge in [-0.15, -0.1) is 0 Å². The molecule has 2 rings (SSSR count). The van der Waals surface area contributed by atoms with Crippen LogP contribution in [0.15, 0.2) is 24.3 Å². The van der Waals surface area contributed by atoms with Crippen LogP contribution in [-0.2, 0) is 15.9 Å². The van der Waals surface area contributed by atoms with Crippen molar-refractivity contribution in [3.05, 3.63) is 35.4 Å². The van der Waals surface area contributed by atoms with E-state index in [4.69, 9.17) is 15.3 Å². The Hall–Kier alpha value is -0.940. The van der Waals surface area contributed by atoms with E-state index >= 15 is 0 Å². The molecule has 4 heteroatoms. The summed E-state index contributed by atoms with van der Waals surface area (Å²) in [6.45, 7) is 3.64. The van der Waals surface area contributed by atoms with Crippen LogP contribution in [0.1, 0.15) is 43.4 Å². The first-order chi connectivity index (χ1) is 9.75. The topological polar surface area (TPSA) is 56.5 Å². The number of hydrogen-bond acceptors (Lipinski definition) is 4. The Morgan fingerprint density at radius 3 is 2.75 bits per heavy atom. The third kappa shape index (κ3) is 3.20. The van der Waals surface area contributed by atoms with Gasteiger partial charge in [0.1, 0.15) is 0 Å². The molecule has 1 unspecified atom stereocenters. The van der Waals surface area contributed by atoms with E-state index in [2.05, 4.69) is 36.6 Å². The molecule has 1 aromatic rings. The average molecular weight is 278 g/mol. The molecule has 1 aliphatic rings. The first-order valence-electron chi connectivity index (χ1n) is 7.43. The summed E-state index contributed by atoms with van der Waals surface area (Å²) in [6, 6.07) is 8.63. The van der Waals surface area contributed by atoms with E-state index in [1.807, 2.05) is 0 Å². The van der Waals surface area contributed by atoms with Gasteiger partial charge in [0.25, 0.3) is 0 Å². The Bertz CT molecular complexity index is 417. The normalized spacial score (nSPS) is 19.8. The Morgan fingerprint density at radius 1 is 1.40 bits per heavy atom. The predicted molar refractivity (Wildman–Crippen MR) is 80.3 cm³/mol. The maximum absolute atomic E-state index is 5.86. The van der Waals surface area contributed by atoms with Crippen LogP contribution in [0.2, 0.25) is 0 Å². The van der Waals surface area contributed by atoms with Crippen LogP contribution in [0.25, 0.3) is 0 Å². The van der Waals surface area contributed by atoms with Gasteiger partial charge >= 0.3 is 0 Å². The highest BCUT2D eigenvalue weighted by atomic mass is 16.5. The molecule has 1 atom stereocenters. The molecule has 0 aliphatic carbocycles. The van der Waals surface area contributed by atoms with Crippen molar-refractivity contribution in [2.45, 2.75) is 44.2 Å². The van der Waals surface area contributed by atoms with Crippen LogP contribution >= 0.6 is 0 Å². The molecule has 112 valence electrons. The molecular formula is C16H26N2O2. The maximum Gasteiger partial charge on any atom is 0.0929 e. The monoisotopic (exact) mass is 278 g/mol. The van der Waals surface area contributed by atoms with Gasteiger partial charge in [-0.3, -0.25) is 11.3 Å². The van der Waals surface area contributed by atoms with Crippen LogP contribution < -0.4 is 11.3 Å². The third-order valence-electron chi connectivity index (χ3n) is 4.26. The van der Waals surface area contributed by atoms with E-state index in [0.717, 1.165) is 38.9 Å². The molecule has 1 fully saturated rings. The van der Waals surface area contributed by atoms with E-state index in [1.54, 1.807) is 7.11 Å². The van der Waals surface area contributed by atoms with Gasteiger partial charge in [0, 0.05) is 33.2 Å². The number of benzene rings is 1. The molecule has 0 spiro atoms. The molecular weight excluding hydrogens is 252 g/mol. The summed E-state index contributed by atoms with van der Waals surface area (Å²) < 4.78 is 11.3. The molecule has 0 radical (unpaired) electrons. The number of nitrogens with two attached hydrogens (primary N) is 1. The van der Waals surface area contributed by atoms with Gasteiger partial charge < -0.3 is 9.47 Å². The minimum Gasteiger partial charge on any atom is -0.381 e. The summed E-state index contributed by atoms with van der Waals surface area (Å²) in [4.78, 5) is 0. The molecule has 1 saturated heterocycles. The SMILES string of the molecule is CCCc1cccc(C(NN)C2(OC)CCOCC2)c1. The minimum absolute atomic E-state index is 0.00629. The molecule has 20 heavy (non-hydrogen) atoms. The predicted octanol–water partition coefficient (Wildman–Crippen LogP) is 2.34. The van der Waals surface area contributed by atoms with E-state index in [9.17, 15) is 0 Å². The molecule has 1 aromatic carbocycles. The quantitative estimate of drug-likeness (QED) is 0.619. The van der Waals surface area contributed by atoms with Crippen molar-refractivity contribution in [3.8, 4) is 0 Å². The molecule has 0 saturated carbocycles. The lowest BCUT2D eigenvalue weighted by Gasteiger charge is -2.42. The fourth-order valence-corrected chi connectivity index (χ4v) is 3.10. The van der Waals surface area contributed by atoms with Gasteiger partial charge in [-0.25, -0.2) is 0 Å². The van der Waals surface area contributed by atoms with Crippen molar-refractivity contribution in [2.75, 3.05) is 20.3 Å². The summed E-state index contributed by atoms with van der Waals surface area (Å²) in [5.41, 5.74) is 5.24. The lowest BCUT2D eigenvalue weighted by Crippen LogP contribution is -2.51. The van der Waals surface area contributed by atoms with E-state index in [-0.39, 0.29) is 11.6 Å². The molecule has 4 nitrogen and oxygen atoms in total. The standard InChI is InChI=1S/C16H26N2O2/c1-3-5-13-6-4-7-14(12-13)15(18-17)16(19-2)8-10-20-11-9-16/h4,6-7,12,15,18H,3,5,8-11,17H2,1-2H3. The van der Waals surface area contributed by atoms with Crippen LogP contribution in [0, 0.1) is 0 Å². The number of rotatable bonds is 6. The van der Waals surface area contributed by atoms with Crippen LogP contribution in [0.5, 0.6) is 0 Å². The number of methoxy groups -OCH3 is 1. The zero-order chi connectivity index (χ0) is 14.4. The zero-order valence-electron chi connectivity index (χ0n) is 12.5. The number of hydrazine groups is 1. The highest BCUT2D eigenvalue weighted by Crippen LogP contribution is 2.37. The smallest absolute Gasteiger partial charge is 0.0929 e. The Kier molecular flexibility index (Phi) is 5.54. The lowest BCUT2D eigenvalue weighted by molar-refractivity contribution is -0.111. The minimum atomic E-state index is -0.280. The number of aryl methyl sites for hydroxylation is 1. The molecule has 1 aliphatic heterocycles. The second-order valence-corrected chi connectivity index (χ2v) is 5.48. The van der Waals surface area contributed by atoms with Gasteiger partial charge in [-0.05, 0) is 17.5 Å². The van der Waals surface area contributed by atoms with Crippen LogP contribution in [-0.4, -0.2) is 25.9 Å². The first-order valence-corrected chi connectivity index (χ1v) is 7.43. The first kappa shape index (κ1) is 15.4. The Balaban J connectivity index is 2.27. The molecule has 1 heterocycles. The summed E-state index contributed by atoms with van der Waals surface area (Å²) in [6.07, 6.45) is 3.95. The summed E-state index contributed by atoms with van der Waals surface area (Å²) in [7, 11) is 1.77. The fraction of sp³-hybridized carbons (Fsp3) is 0.625. The van der Waals surface area contributed by atoms with E-state index in [1.165, 1.54) is 11.1 Å². The van der Waals surface area contributed by atoms with Crippen LogP contribution in [0.3, 0.4) is 0 Å². The van der Waals surface area contributed by atoms with Gasteiger partial charge in [-0.1, -0.05) is 37.6 Å². The summed E-state index contributed by atoms with van der Waals surface area (Å²) in [5.74, 6) is 5.85. The Labute approximate surface area is 121 Å². The highest BCUT2D eigenvalue weighted by Gasteiger charge is 2.41. The second kappa shape index (κ2) is 7.18. The van der Waals surface area contributed by atoms with Gasteiger partial charge in [0.05, 0.1) is 11.6 Å². The largest absolute Gasteiger partial charge is 0.381 e. The zero-order valence-corrected chi connectivity index (χ0v) is 12.5. The highest BCUT2D eigenvalue weighted by molar-refractivity contribution is 5.28. The van der Waals surface area contributed by atoms with Gasteiger partial charge in [0.2, 0.25) is 0 Å². The Morgan fingerprint density at radius 2 is 2.15 bits per heavy atom. The van der Waals surface area contributed by atoms with Crippen molar-refractivity contribution < 1.29 is 9.47 Å². The van der Waals surface area contributed by atoms with Crippen molar-refractivity contribution in [1.29, 1.82) is 0 Å². The molecule has 0 amide bonds. The number of nitrogens with one attached hydrogen (secondary N) is 1. The van der Waals surface area contributed by atoms with Crippen LogP contribution in [0.4, 0.5) is 0 Å². The van der Waals surface area contributed by atoms with Crippen molar-refractivity contribution >= 4 is 0 Å². The van der Waals surface area contributed by atoms with Gasteiger partial charge in [0.15, 0.2) is 0 Å². The number of ether oxygens (including phenoxy) is 2. The van der Waals surface area contributed by atoms with E-state index in [0.29, 0.717) is 0 Å². The lowest BCUT2D eigenvalue weighted by atomic mass is 9.82. The average Bonchev–Trinajstić information content (AvgIpc) is 2.50. The fourth-order valence-electron chi connectivity index (χ4n) is 3.10. The van der Waals surface area contributed by atoms with Gasteiger partial charge in [-0.2, -0.15) is 0 Å². The third-order valence-corrected chi connectivity index (χ3v) is 4.26. The number of hydrogen-bond donors (Lipinski definition) is 2. The van der Waals surface area contributed by atoms with E-state index < -0.39 is 0 Å². The molecule has 0 aromatic heterocycles. The van der Waals surface area contributed by atoms with Crippen molar-refractivity contribution in [1.82, 2.24) is 5.43 Å².